The van der Waals surface area contributed by atoms with E-state index in [1.807, 2.05) is 41.5 Å². The minimum absolute atomic E-state index is 0.0999. The first-order valence-electron chi connectivity index (χ1n) is 9.66. The fourth-order valence-electron chi connectivity index (χ4n) is 3.46. The Kier molecular flexibility index (Phi) is 8.94. The summed E-state index contributed by atoms with van der Waals surface area (Å²) in [5.41, 5.74) is 1.56. The number of rotatable bonds is 9. The van der Waals surface area contributed by atoms with Gasteiger partial charge in [-0.05, 0) is 59.0 Å². The summed E-state index contributed by atoms with van der Waals surface area (Å²) >= 11 is 0. The van der Waals surface area contributed by atoms with E-state index in [1.165, 1.54) is 24.3 Å². The molecule has 1 saturated carbocycles. The van der Waals surface area contributed by atoms with Gasteiger partial charge in [-0.3, -0.25) is 9.63 Å². The fourth-order valence-corrected chi connectivity index (χ4v) is 3.46. The second-order valence-electron chi connectivity index (χ2n) is 8.14. The predicted molar refractivity (Wildman–Crippen MR) is 105 cm³/mol. The van der Waals surface area contributed by atoms with Crippen molar-refractivity contribution in [3.8, 4) is 0 Å². The van der Waals surface area contributed by atoms with Crippen molar-refractivity contribution in [2.45, 2.75) is 84.8 Å². The Hall–Kier alpha value is -1.07. The Morgan fingerprint density at radius 2 is 1.92 bits per heavy atom. The molecule has 142 valence electrons. The van der Waals surface area contributed by atoms with E-state index in [0.29, 0.717) is 12.3 Å². The Morgan fingerprint density at radius 1 is 1.32 bits per heavy atom. The monoisotopic (exact) mass is 349 g/mol. The van der Waals surface area contributed by atoms with E-state index in [9.17, 15) is 9.90 Å². The highest BCUT2D eigenvalue weighted by Gasteiger charge is 2.31. The molecule has 1 rings (SSSR count). The second-order valence-corrected chi connectivity index (χ2v) is 8.14. The minimum Gasteiger partial charge on any atom is -0.393 e. The summed E-state index contributed by atoms with van der Waals surface area (Å²) in [5.74, 6) is 2.51. The number of nitrogens with zero attached hydrogens (tertiary/aromatic N) is 1. The lowest BCUT2D eigenvalue weighted by Crippen LogP contribution is -2.39. The molecule has 0 aromatic rings. The number of carbonyl (C=O) groups excluding carboxylic acids is 1. The molecule has 1 amide bonds. The molecular weight excluding hydrogens is 313 g/mol. The Morgan fingerprint density at radius 3 is 2.40 bits per heavy atom. The van der Waals surface area contributed by atoms with Gasteiger partial charge in [-0.15, -0.1) is 5.98 Å². The maximum absolute atomic E-state index is 11.8. The van der Waals surface area contributed by atoms with Crippen LogP contribution in [0.1, 0.15) is 73.1 Å². The summed E-state index contributed by atoms with van der Waals surface area (Å²) in [7, 11) is 2.00. The van der Waals surface area contributed by atoms with Crippen LogP contribution in [0, 0.1) is 11.8 Å². The van der Waals surface area contributed by atoms with E-state index >= 15 is 0 Å². The van der Waals surface area contributed by atoms with Crippen molar-refractivity contribution in [2.75, 3.05) is 0 Å². The van der Waals surface area contributed by atoms with Crippen molar-refractivity contribution in [3.63, 3.8) is 0 Å². The van der Waals surface area contributed by atoms with Crippen molar-refractivity contribution < 1.29 is 14.7 Å². The largest absolute Gasteiger partial charge is 0.393 e. The Bertz CT molecular complexity index is 479. The molecule has 2 atom stereocenters. The van der Waals surface area contributed by atoms with Gasteiger partial charge in [-0.1, -0.05) is 31.8 Å². The molecule has 0 bridgehead atoms. The van der Waals surface area contributed by atoms with Crippen LogP contribution < -0.4 is 0 Å². The lowest BCUT2D eigenvalue weighted by Gasteiger charge is -2.36. The fraction of sp³-hybridized carbons (Fsp3) is 0.750. The predicted octanol–water partition coefficient (Wildman–Crippen LogP) is 3.56. The third kappa shape index (κ3) is 7.37. The molecule has 0 aromatic heterocycles. The topological polar surface area (TPSA) is 49.8 Å². The lowest BCUT2D eigenvalue weighted by molar-refractivity contribution is -0.215. The summed E-state index contributed by atoms with van der Waals surface area (Å²) in [5, 5.41) is 11.2. The second kappa shape index (κ2) is 10.2. The number of allylic oxidation sites excluding steroid dienone is 3. The van der Waals surface area contributed by atoms with E-state index in [-0.39, 0.29) is 5.92 Å². The van der Waals surface area contributed by atoms with Gasteiger partial charge in [-0.2, -0.15) is 5.06 Å². The number of amides is 1. The van der Waals surface area contributed by atoms with E-state index in [4.69, 9.17) is 4.84 Å². The van der Waals surface area contributed by atoms with Gasteiger partial charge >= 0.3 is 0 Å². The van der Waals surface area contributed by atoms with E-state index in [0.717, 1.165) is 30.5 Å². The highest BCUT2D eigenvalue weighted by Crippen LogP contribution is 2.34. The maximum Gasteiger partial charge on any atom is 0.237 e. The molecule has 0 heterocycles. The summed E-state index contributed by atoms with van der Waals surface area (Å²) in [6.07, 6.45) is 9.02. The highest BCUT2D eigenvalue weighted by molar-refractivity contribution is 6.17. The zero-order valence-corrected chi connectivity index (χ0v) is 16.9. The lowest BCUT2D eigenvalue weighted by atomic mass is 9.85. The van der Waals surface area contributed by atoms with Crippen LogP contribution in [0.15, 0.2) is 23.3 Å². The summed E-state index contributed by atoms with van der Waals surface area (Å²) in [6.45, 7) is 9.79. The molecule has 0 radical (unpaired) electrons. The van der Waals surface area contributed by atoms with Crippen LogP contribution in [0.25, 0.3) is 0 Å². The molecular formula is C20H36BNO3. The number of hydroxylamine groups is 2. The molecule has 0 aromatic carbocycles. The van der Waals surface area contributed by atoms with Crippen LogP contribution in [-0.4, -0.2) is 36.1 Å². The summed E-state index contributed by atoms with van der Waals surface area (Å²) in [4.78, 5) is 18.0. The summed E-state index contributed by atoms with van der Waals surface area (Å²) in [6, 6.07) is 0. The maximum atomic E-state index is 11.8. The third-order valence-corrected chi connectivity index (χ3v) is 5.19. The number of hydrogen-bond donors (Lipinski definition) is 1. The number of carbonyl (C=O) groups is 1. The summed E-state index contributed by atoms with van der Waals surface area (Å²) < 4.78 is 0. The molecule has 5 heteroatoms. The van der Waals surface area contributed by atoms with E-state index in [1.54, 1.807) is 6.92 Å². The van der Waals surface area contributed by atoms with Crippen LogP contribution in [0.4, 0.5) is 0 Å². The van der Waals surface area contributed by atoms with Gasteiger partial charge in [0.1, 0.15) is 7.85 Å². The molecule has 0 spiro atoms. The molecule has 1 aliphatic rings. The van der Waals surface area contributed by atoms with Crippen molar-refractivity contribution >= 4 is 14.3 Å². The molecule has 0 aliphatic heterocycles. The van der Waals surface area contributed by atoms with Gasteiger partial charge in [0, 0.05) is 5.92 Å². The van der Waals surface area contributed by atoms with Crippen molar-refractivity contribution in [1.82, 2.24) is 5.06 Å². The first kappa shape index (κ1) is 22.0. The molecule has 1 N–H and O–H groups in total. The first-order valence-corrected chi connectivity index (χ1v) is 9.66. The van der Waals surface area contributed by atoms with Gasteiger partial charge in [0.25, 0.3) is 0 Å². The van der Waals surface area contributed by atoms with Gasteiger partial charge in [-0.25, -0.2) is 0 Å². The molecule has 1 fully saturated rings. The van der Waals surface area contributed by atoms with Gasteiger partial charge < -0.3 is 5.11 Å². The molecule has 2 unspecified atom stereocenters. The Labute approximate surface area is 154 Å². The number of aliphatic hydroxyl groups excluding tert-OH is 1. The Balaban J connectivity index is 3.00. The standard InChI is InChI=1S/C20H36BNO3/c1-15(13-21)11-19(18-9-7-6-8-10-18)22(14-23)25-20(4,5)12-16(2)17(3)24/h11,13-14,16-18,24H,6-10,12,21H2,1-5H3/b15-13-,19-11-. The van der Waals surface area contributed by atoms with Crippen LogP contribution in [-0.2, 0) is 9.63 Å². The molecule has 25 heavy (non-hydrogen) atoms. The van der Waals surface area contributed by atoms with Gasteiger partial charge in [0.15, 0.2) is 0 Å². The molecule has 1 aliphatic carbocycles. The highest BCUT2D eigenvalue weighted by atomic mass is 16.7. The molecule has 0 saturated heterocycles. The SMILES string of the molecule is B/C=C(C)\C=C(\C1CCCCC1)N(C=O)OC(C)(C)CC(C)C(C)O. The van der Waals surface area contributed by atoms with E-state index in [2.05, 4.69) is 6.08 Å². The number of hydrogen-bond acceptors (Lipinski definition) is 3. The normalized spacial score (nSPS) is 20.2. The van der Waals surface area contributed by atoms with Gasteiger partial charge in [0.05, 0.1) is 17.4 Å². The van der Waals surface area contributed by atoms with Crippen LogP contribution in [0.5, 0.6) is 0 Å². The first-order chi connectivity index (χ1) is 11.7. The van der Waals surface area contributed by atoms with Crippen molar-refractivity contribution in [1.29, 1.82) is 0 Å². The zero-order chi connectivity index (χ0) is 19.0. The quantitative estimate of drug-likeness (QED) is 0.300. The minimum atomic E-state index is -0.533. The van der Waals surface area contributed by atoms with Crippen molar-refractivity contribution in [2.24, 2.45) is 11.8 Å². The molecule has 4 nitrogen and oxygen atoms in total. The van der Waals surface area contributed by atoms with Crippen LogP contribution >= 0.6 is 0 Å². The van der Waals surface area contributed by atoms with Gasteiger partial charge in [0.2, 0.25) is 6.41 Å². The average Bonchev–Trinajstić information content (AvgIpc) is 2.57. The van der Waals surface area contributed by atoms with Crippen molar-refractivity contribution in [3.05, 3.63) is 23.3 Å². The van der Waals surface area contributed by atoms with Crippen LogP contribution in [0.3, 0.4) is 0 Å². The van der Waals surface area contributed by atoms with Crippen LogP contribution in [0.2, 0.25) is 0 Å². The number of aliphatic hydroxyl groups is 1. The third-order valence-electron chi connectivity index (χ3n) is 5.19. The average molecular weight is 349 g/mol. The smallest absolute Gasteiger partial charge is 0.237 e. The van der Waals surface area contributed by atoms with E-state index < -0.39 is 11.7 Å². The zero-order valence-electron chi connectivity index (χ0n) is 16.9.